The second-order valence-corrected chi connectivity index (χ2v) is 2.41. The van der Waals surface area contributed by atoms with Crippen LogP contribution in [0.15, 0.2) is 17.4 Å². The van der Waals surface area contributed by atoms with Gasteiger partial charge in [0.25, 0.3) is 0 Å². The van der Waals surface area contributed by atoms with Crippen molar-refractivity contribution in [1.82, 2.24) is 9.55 Å². The van der Waals surface area contributed by atoms with Crippen molar-refractivity contribution in [2.45, 2.75) is 27.3 Å². The molecule has 1 aliphatic rings. The average Bonchev–Trinajstić information content (AvgIpc) is 2.57. The third-order valence-electron chi connectivity index (χ3n) is 1.73. The van der Waals surface area contributed by atoms with Gasteiger partial charge in [-0.2, -0.15) is 0 Å². The first-order valence-electron chi connectivity index (χ1n) is 4.40. The summed E-state index contributed by atoms with van der Waals surface area (Å²) in [6, 6.07) is 0. The van der Waals surface area contributed by atoms with Crippen LogP contribution in [0.2, 0.25) is 0 Å². The van der Waals surface area contributed by atoms with Crippen molar-refractivity contribution >= 4 is 5.71 Å². The van der Waals surface area contributed by atoms with Gasteiger partial charge in [0.05, 0.1) is 12.3 Å². The van der Waals surface area contributed by atoms with Crippen LogP contribution in [0.25, 0.3) is 0 Å². The van der Waals surface area contributed by atoms with E-state index in [0.717, 1.165) is 24.6 Å². The lowest BCUT2D eigenvalue weighted by atomic mass is 10.3. The molecule has 0 fully saturated rings. The summed E-state index contributed by atoms with van der Waals surface area (Å²) in [6.07, 6.45) is 3.81. The van der Waals surface area contributed by atoms with Crippen LogP contribution in [0.3, 0.4) is 0 Å². The van der Waals surface area contributed by atoms with Crippen LogP contribution in [0.1, 0.15) is 26.6 Å². The van der Waals surface area contributed by atoms with Gasteiger partial charge < -0.3 is 4.57 Å². The number of aromatic nitrogens is 2. The maximum atomic E-state index is 4.28. The third kappa shape index (κ3) is 1.55. The van der Waals surface area contributed by atoms with Crippen LogP contribution in [0, 0.1) is 0 Å². The predicted octanol–water partition coefficient (Wildman–Crippen LogP) is 1.73. The average molecular weight is 165 g/mol. The smallest absolute Gasteiger partial charge is 0.153 e. The van der Waals surface area contributed by atoms with E-state index < -0.39 is 0 Å². The summed E-state index contributed by atoms with van der Waals surface area (Å²) < 4.78 is 2.13. The first-order chi connectivity index (χ1) is 5.88. The Labute approximate surface area is 73.2 Å². The van der Waals surface area contributed by atoms with Gasteiger partial charge in [0.1, 0.15) is 0 Å². The normalized spacial score (nSPS) is 14.1. The molecule has 0 saturated carbocycles. The summed E-state index contributed by atoms with van der Waals surface area (Å²) in [5, 5.41) is 0. The number of fused-ring (bicyclic) bond motifs is 1. The molecule has 0 spiro atoms. The highest BCUT2D eigenvalue weighted by molar-refractivity contribution is 5.95. The van der Waals surface area contributed by atoms with E-state index in [-0.39, 0.29) is 0 Å². The van der Waals surface area contributed by atoms with E-state index in [0.29, 0.717) is 0 Å². The largest absolute Gasteiger partial charge is 0.328 e. The summed E-state index contributed by atoms with van der Waals surface area (Å²) >= 11 is 0. The molecule has 0 aromatic carbocycles. The van der Waals surface area contributed by atoms with Gasteiger partial charge in [-0.05, 0) is 6.92 Å². The Morgan fingerprint density at radius 2 is 2.17 bits per heavy atom. The quantitative estimate of drug-likeness (QED) is 0.576. The third-order valence-corrected chi connectivity index (χ3v) is 1.73. The molecule has 2 heterocycles. The van der Waals surface area contributed by atoms with Crippen molar-refractivity contribution in [2.75, 3.05) is 6.54 Å². The maximum absolute atomic E-state index is 4.28. The van der Waals surface area contributed by atoms with Crippen LogP contribution in [-0.2, 0) is 6.54 Å². The van der Waals surface area contributed by atoms with Gasteiger partial charge in [0, 0.05) is 18.9 Å². The molecule has 0 saturated heterocycles. The monoisotopic (exact) mass is 165 g/mol. The van der Waals surface area contributed by atoms with Gasteiger partial charge in [-0.25, -0.2) is 4.98 Å². The van der Waals surface area contributed by atoms with E-state index in [1.54, 1.807) is 0 Å². The molecule has 1 aliphatic heterocycles. The van der Waals surface area contributed by atoms with Gasteiger partial charge in [-0.3, -0.25) is 4.99 Å². The molecular formula is C9H15N3. The summed E-state index contributed by atoms with van der Waals surface area (Å²) in [5.41, 5.74) is 1.05. The zero-order chi connectivity index (χ0) is 8.97. The highest BCUT2D eigenvalue weighted by atomic mass is 15.1. The minimum atomic E-state index is 0.898. The second-order valence-electron chi connectivity index (χ2n) is 2.41. The highest BCUT2D eigenvalue weighted by Crippen LogP contribution is 2.04. The zero-order valence-electron chi connectivity index (χ0n) is 7.91. The number of hydrogen-bond acceptors (Lipinski definition) is 2. The molecule has 66 valence electrons. The molecule has 0 aliphatic carbocycles. The van der Waals surface area contributed by atoms with Crippen molar-refractivity contribution < 1.29 is 0 Å². The minimum absolute atomic E-state index is 0.898. The summed E-state index contributed by atoms with van der Waals surface area (Å²) in [5.74, 6) is 1.02. The molecule has 0 radical (unpaired) electrons. The molecule has 0 amide bonds. The Morgan fingerprint density at radius 1 is 1.42 bits per heavy atom. The molecule has 12 heavy (non-hydrogen) atoms. The molecule has 0 unspecified atom stereocenters. The van der Waals surface area contributed by atoms with E-state index in [9.17, 15) is 0 Å². The first kappa shape index (κ1) is 8.97. The molecule has 0 bridgehead atoms. The zero-order valence-corrected chi connectivity index (χ0v) is 7.91. The lowest BCUT2D eigenvalue weighted by molar-refractivity contribution is 0.681. The van der Waals surface area contributed by atoms with Crippen molar-refractivity contribution in [3.05, 3.63) is 18.2 Å². The summed E-state index contributed by atoms with van der Waals surface area (Å²) in [7, 11) is 0. The van der Waals surface area contributed by atoms with Gasteiger partial charge in [-0.1, -0.05) is 13.8 Å². The molecule has 1 aromatic rings. The van der Waals surface area contributed by atoms with Crippen LogP contribution in [-0.4, -0.2) is 21.8 Å². The van der Waals surface area contributed by atoms with Crippen LogP contribution < -0.4 is 0 Å². The van der Waals surface area contributed by atoms with E-state index in [1.807, 2.05) is 33.2 Å². The van der Waals surface area contributed by atoms with Gasteiger partial charge in [0.15, 0.2) is 5.82 Å². The fourth-order valence-electron chi connectivity index (χ4n) is 1.21. The van der Waals surface area contributed by atoms with Gasteiger partial charge in [-0.15, -0.1) is 0 Å². The predicted molar refractivity (Wildman–Crippen MR) is 50.7 cm³/mol. The molecule has 3 heteroatoms. The summed E-state index contributed by atoms with van der Waals surface area (Å²) in [6.45, 7) is 7.87. The molecule has 2 rings (SSSR count). The standard InChI is InChI=1S/C7H9N3.C2H6/c1-6-7-9-3-5-10(7)4-2-8-6;1-2/h3,5H,2,4H2,1H3;1-2H3. The Hall–Kier alpha value is -1.12. The van der Waals surface area contributed by atoms with Crippen LogP contribution >= 0.6 is 0 Å². The molecule has 0 atom stereocenters. The fraction of sp³-hybridized carbons (Fsp3) is 0.556. The topological polar surface area (TPSA) is 30.2 Å². The number of imidazole rings is 1. The van der Waals surface area contributed by atoms with Crippen LogP contribution in [0.5, 0.6) is 0 Å². The summed E-state index contributed by atoms with van der Waals surface area (Å²) in [4.78, 5) is 8.45. The lowest BCUT2D eigenvalue weighted by Gasteiger charge is -2.10. The van der Waals surface area contributed by atoms with Crippen LogP contribution in [0.4, 0.5) is 0 Å². The SMILES string of the molecule is CC.CC1=NCCn2ccnc21. The van der Waals surface area contributed by atoms with Gasteiger partial charge >= 0.3 is 0 Å². The number of hydrogen-bond donors (Lipinski definition) is 0. The van der Waals surface area contributed by atoms with Crippen molar-refractivity contribution in [3.63, 3.8) is 0 Å². The van der Waals surface area contributed by atoms with Crippen molar-refractivity contribution in [3.8, 4) is 0 Å². The second kappa shape index (κ2) is 4.04. The minimum Gasteiger partial charge on any atom is -0.328 e. The number of nitrogens with zero attached hydrogens (tertiary/aromatic N) is 3. The molecular weight excluding hydrogens is 150 g/mol. The van der Waals surface area contributed by atoms with Crippen molar-refractivity contribution in [2.24, 2.45) is 4.99 Å². The van der Waals surface area contributed by atoms with E-state index in [2.05, 4.69) is 14.5 Å². The Balaban J connectivity index is 0.000000336. The maximum Gasteiger partial charge on any atom is 0.153 e. The van der Waals surface area contributed by atoms with Gasteiger partial charge in [0.2, 0.25) is 0 Å². The van der Waals surface area contributed by atoms with E-state index in [1.165, 1.54) is 0 Å². The highest BCUT2D eigenvalue weighted by Gasteiger charge is 2.08. The fourth-order valence-corrected chi connectivity index (χ4v) is 1.21. The molecule has 1 aromatic heterocycles. The number of rotatable bonds is 0. The van der Waals surface area contributed by atoms with Crippen molar-refractivity contribution in [1.29, 1.82) is 0 Å². The van der Waals surface area contributed by atoms with E-state index >= 15 is 0 Å². The Kier molecular flexibility index (Phi) is 3.02. The Morgan fingerprint density at radius 3 is 2.83 bits per heavy atom. The molecule has 3 nitrogen and oxygen atoms in total. The van der Waals surface area contributed by atoms with E-state index in [4.69, 9.17) is 0 Å². The first-order valence-corrected chi connectivity index (χ1v) is 4.40. The molecule has 0 N–H and O–H groups in total. The lowest BCUT2D eigenvalue weighted by Crippen LogP contribution is -2.15. The Bertz CT molecular complexity index is 273. The number of aliphatic imine (C=N–C) groups is 1.